The molecule has 0 saturated heterocycles. The fourth-order valence-electron chi connectivity index (χ4n) is 0. The fraction of sp³-hybridized carbons (Fsp3) is 0. The van der Waals surface area contributed by atoms with E-state index < -0.39 is 0 Å². The molecule has 0 saturated carbocycles. The van der Waals surface area contributed by atoms with E-state index in [-0.39, 0.29) is 71.6 Å². The molecular weight excluding hydrogens is 114 g/mol. The first kappa shape index (κ1) is 75.3. The van der Waals surface area contributed by atoms with E-state index in [4.69, 9.17) is 0 Å². The number of hydrogen-bond acceptors (Lipinski definition) is 0. The van der Waals surface area contributed by atoms with E-state index in [9.17, 15) is 0 Å². The first-order valence-electron chi connectivity index (χ1n) is 0. The topological polar surface area (TPSA) is 0 Å². The van der Waals surface area contributed by atoms with Crippen LogP contribution in [0.15, 0.2) is 0 Å². The Hall–Kier alpha value is 1.70. The van der Waals surface area contributed by atoms with Crippen molar-refractivity contribution in [2.45, 2.75) is 0 Å². The Bertz CT molecular complexity index is 6.85. The van der Waals surface area contributed by atoms with Crippen LogP contribution in [0.4, 0.5) is 0 Å². The summed E-state index contributed by atoms with van der Waals surface area (Å²) in [5.74, 6) is 0. The Morgan fingerprint density at radius 2 is 0.600 bits per heavy atom. The van der Waals surface area contributed by atoms with Crippen LogP contribution in [0.25, 0.3) is 0 Å². The average Bonchev–Trinajstić information content (AvgIpc) is 0. The molecular formula is H12B3CoNa. The number of rotatable bonds is 0. The summed E-state index contributed by atoms with van der Waals surface area (Å²) in [6.45, 7) is 0. The smallest absolute Gasteiger partial charge is 0.0626 e. The molecule has 0 N–H and O–H groups in total. The first-order chi connectivity index (χ1) is 0. The van der Waals surface area contributed by atoms with E-state index in [1.165, 1.54) is 0 Å². The predicted octanol–water partition coefficient (Wildman–Crippen LogP) is -7.35. The van der Waals surface area contributed by atoms with Gasteiger partial charge in [0.2, 0.25) is 0 Å². The van der Waals surface area contributed by atoms with Crippen LogP contribution in [0, 0.1) is 0 Å². The van der Waals surface area contributed by atoms with Gasteiger partial charge in [-0.05, 0) is 0 Å². The Labute approximate surface area is 71.1 Å². The molecule has 0 nitrogen and oxygen atoms in total. The molecule has 0 rings (SSSR count). The minimum atomic E-state index is 0. The van der Waals surface area contributed by atoms with Crippen LogP contribution in [-0.4, -0.2) is 25.2 Å². The van der Waals surface area contributed by atoms with Gasteiger partial charge in [-0.1, -0.05) is 25.2 Å². The van der Waals surface area contributed by atoms with Crippen LogP contribution in [0.3, 0.4) is 0 Å². The van der Waals surface area contributed by atoms with Gasteiger partial charge < -0.3 is 0 Å². The van der Waals surface area contributed by atoms with Crippen LogP contribution < -0.4 is 29.6 Å². The van der Waals surface area contributed by atoms with Gasteiger partial charge in [0.1, 0.15) is 0 Å². The second-order valence-electron chi connectivity index (χ2n) is 0. The molecule has 0 atom stereocenters. The van der Waals surface area contributed by atoms with Crippen molar-refractivity contribution in [2.24, 2.45) is 0 Å². The van der Waals surface area contributed by atoms with Crippen LogP contribution in [0.5, 0.6) is 0 Å². The quantitative estimate of drug-likeness (QED) is 0.283. The van der Waals surface area contributed by atoms with Gasteiger partial charge in [-0.3, -0.25) is 0 Å². The standard InChI is InChI=1S/3BH4.Co.Na/h3*1H4;;/q3*-1;+2;+1. The maximum atomic E-state index is 0. The summed E-state index contributed by atoms with van der Waals surface area (Å²) in [4.78, 5) is 0. The third kappa shape index (κ3) is 27.0. The van der Waals surface area contributed by atoms with Crippen molar-refractivity contribution in [3.05, 3.63) is 0 Å². The summed E-state index contributed by atoms with van der Waals surface area (Å²) in [5.41, 5.74) is 0. The summed E-state index contributed by atoms with van der Waals surface area (Å²) in [5, 5.41) is 0. The van der Waals surface area contributed by atoms with Gasteiger partial charge in [0, 0.05) is 0 Å². The van der Waals surface area contributed by atoms with Gasteiger partial charge in [0.15, 0.2) is 0 Å². The summed E-state index contributed by atoms with van der Waals surface area (Å²) >= 11 is 0. The molecule has 5 heavy (non-hydrogen) atoms. The van der Waals surface area contributed by atoms with E-state index in [2.05, 4.69) is 0 Å². The predicted molar refractivity (Wildman–Crippen MR) is 34.0 cm³/mol. The van der Waals surface area contributed by atoms with Crippen molar-refractivity contribution in [3.63, 3.8) is 0 Å². The van der Waals surface area contributed by atoms with E-state index in [0.717, 1.165) is 0 Å². The van der Waals surface area contributed by atoms with Crippen molar-refractivity contribution >= 4 is 25.2 Å². The van der Waals surface area contributed by atoms with Crippen LogP contribution in [0.2, 0.25) is 0 Å². The Morgan fingerprint density at radius 3 is 0.600 bits per heavy atom. The molecule has 0 aliphatic carbocycles. The molecule has 1 radical (unpaired) electrons. The minimum absolute atomic E-state index is 0. The molecule has 0 bridgehead atoms. The van der Waals surface area contributed by atoms with Gasteiger partial charge >= 0.3 is 46.3 Å². The zero-order valence-corrected chi connectivity index (χ0v) is 4.37. The molecule has 0 aromatic carbocycles. The third-order valence-electron chi connectivity index (χ3n) is 0. The second-order valence-corrected chi connectivity index (χ2v) is 0. The third-order valence-corrected chi connectivity index (χ3v) is 0. The van der Waals surface area contributed by atoms with Crippen molar-refractivity contribution in [2.75, 3.05) is 0 Å². The SMILES string of the molecule is [BH4-].[BH4-].[BH4-].[Co+2].[Na+]. The van der Waals surface area contributed by atoms with E-state index >= 15 is 0 Å². The molecule has 5 heteroatoms. The Kier molecular flexibility index (Phi) is 655. The van der Waals surface area contributed by atoms with Crippen molar-refractivity contribution in [3.8, 4) is 0 Å². The molecule has 0 amide bonds. The molecule has 0 heterocycles. The maximum Gasteiger partial charge on any atom is 2.00 e. The van der Waals surface area contributed by atoms with Crippen molar-refractivity contribution < 1.29 is 46.3 Å². The molecule has 0 aromatic rings. The van der Waals surface area contributed by atoms with Crippen LogP contribution >= 0.6 is 0 Å². The average molecular weight is 126 g/mol. The van der Waals surface area contributed by atoms with Gasteiger partial charge in [-0.25, -0.2) is 0 Å². The van der Waals surface area contributed by atoms with E-state index in [0.29, 0.717) is 0 Å². The van der Waals surface area contributed by atoms with Crippen LogP contribution in [0.1, 0.15) is 0 Å². The second kappa shape index (κ2) is 43.5. The van der Waals surface area contributed by atoms with Gasteiger partial charge in [-0.2, -0.15) is 0 Å². The van der Waals surface area contributed by atoms with Gasteiger partial charge in [-0.15, -0.1) is 0 Å². The summed E-state index contributed by atoms with van der Waals surface area (Å²) in [6.07, 6.45) is 0. The molecule has 0 spiro atoms. The molecule has 0 aliphatic rings. The normalized spacial score (nSPS) is 0. The van der Waals surface area contributed by atoms with E-state index in [1.807, 2.05) is 0 Å². The van der Waals surface area contributed by atoms with Crippen molar-refractivity contribution in [1.82, 2.24) is 0 Å². The minimum Gasteiger partial charge on any atom is -0.0626 e. The van der Waals surface area contributed by atoms with Gasteiger partial charge in [0.05, 0.1) is 0 Å². The maximum absolute atomic E-state index is 0. The van der Waals surface area contributed by atoms with Gasteiger partial charge in [0.25, 0.3) is 0 Å². The molecule has 31 valence electrons. The van der Waals surface area contributed by atoms with Crippen molar-refractivity contribution in [1.29, 1.82) is 0 Å². The molecule has 0 aromatic heterocycles. The zero-order chi connectivity index (χ0) is 0. The Morgan fingerprint density at radius 1 is 0.600 bits per heavy atom. The molecule has 0 fully saturated rings. The zero-order valence-electron chi connectivity index (χ0n) is 1.33. The largest absolute Gasteiger partial charge is 2.00 e. The molecule has 0 unspecified atom stereocenters. The summed E-state index contributed by atoms with van der Waals surface area (Å²) < 4.78 is 0. The Balaban J connectivity index is 0. The summed E-state index contributed by atoms with van der Waals surface area (Å²) in [7, 11) is 0. The first-order valence-corrected chi connectivity index (χ1v) is 0. The summed E-state index contributed by atoms with van der Waals surface area (Å²) in [6, 6.07) is 0. The van der Waals surface area contributed by atoms with E-state index in [1.54, 1.807) is 0 Å². The monoisotopic (exact) mass is 127 g/mol. The van der Waals surface area contributed by atoms with Crippen LogP contribution in [-0.2, 0) is 16.8 Å². The fourth-order valence-corrected chi connectivity index (χ4v) is 0. The number of hydrogen-bond donors (Lipinski definition) is 0. The molecule has 0 aliphatic heterocycles.